The number of hydrogen-bond acceptors (Lipinski definition) is 9. The molecule has 11 nitrogen and oxygen atoms in total. The lowest BCUT2D eigenvalue weighted by Gasteiger charge is -2.24. The summed E-state index contributed by atoms with van der Waals surface area (Å²) in [5.41, 5.74) is 0.226. The first kappa shape index (κ1) is 33.2. The fourth-order valence-electron chi connectivity index (χ4n) is 3.22. The monoisotopic (exact) mass is 695 g/mol. The smallest absolute Gasteiger partial charge is 0.469 e. The molecule has 0 unspecified atom stereocenters. The van der Waals surface area contributed by atoms with Gasteiger partial charge in [0.2, 0.25) is 0 Å². The van der Waals surface area contributed by atoms with Gasteiger partial charge in [-0.25, -0.2) is 13.8 Å². The van der Waals surface area contributed by atoms with Gasteiger partial charge in [0.15, 0.2) is 11.6 Å². The summed E-state index contributed by atoms with van der Waals surface area (Å²) in [6, 6.07) is 6.77. The molecule has 3 N–H and O–H groups in total. The largest absolute Gasteiger partial charge is 0.490 e. The number of phosphoric ester groups is 1. The zero-order valence-electron chi connectivity index (χ0n) is 22.7. The number of carbonyl (C=O) groups excluding carboxylic acids is 1. The van der Waals surface area contributed by atoms with Crippen LogP contribution in [0, 0.1) is 5.82 Å². The standard InChI is InChI=1S/C25H29BrClFN3O8PS/c1-13(2)38-20-7-6-14(8-17(20)26)22-30-31-23(41-22)16-9-19(28)21(10-18(16)27)36-11-15(12-37-40(33,34)35)29-24(32)39-25(3,4)5/h6-10,13,15H,11-12H2,1-5H3,(H,29,32)(H2,33,34,35)/t15-/m0/s1. The van der Waals surface area contributed by atoms with Crippen molar-refractivity contribution in [2.75, 3.05) is 13.2 Å². The van der Waals surface area contributed by atoms with E-state index in [9.17, 15) is 9.36 Å². The van der Waals surface area contributed by atoms with Gasteiger partial charge in [-0.15, -0.1) is 10.2 Å². The zero-order chi connectivity index (χ0) is 30.5. The minimum Gasteiger partial charge on any atom is -0.490 e. The van der Waals surface area contributed by atoms with Crippen molar-refractivity contribution in [3.05, 3.63) is 45.6 Å². The second kappa shape index (κ2) is 13.8. The van der Waals surface area contributed by atoms with Crippen molar-refractivity contribution in [3.8, 4) is 32.6 Å². The fourth-order valence-corrected chi connectivity index (χ4v) is 5.23. The molecule has 2 aromatic carbocycles. The molecule has 1 aromatic heterocycles. The van der Waals surface area contributed by atoms with Gasteiger partial charge in [0.1, 0.15) is 28.0 Å². The molecule has 1 atom stereocenters. The van der Waals surface area contributed by atoms with Crippen LogP contribution in [0.1, 0.15) is 34.6 Å². The number of ether oxygens (including phenoxy) is 3. The zero-order valence-corrected chi connectivity index (χ0v) is 26.7. The third kappa shape index (κ3) is 10.5. The molecule has 1 amide bonds. The molecular formula is C25H29BrClFN3O8PS. The van der Waals surface area contributed by atoms with Crippen LogP contribution in [0.25, 0.3) is 21.1 Å². The third-order valence-corrected chi connectivity index (χ3v) is 7.25. The summed E-state index contributed by atoms with van der Waals surface area (Å²) in [6.07, 6.45) is -0.870. The maximum Gasteiger partial charge on any atom is 0.469 e. The maximum absolute atomic E-state index is 15.0. The number of carbonyl (C=O) groups is 1. The predicted molar refractivity (Wildman–Crippen MR) is 156 cm³/mol. The Balaban J connectivity index is 1.75. The van der Waals surface area contributed by atoms with Gasteiger partial charge in [-0.3, -0.25) is 4.52 Å². The SMILES string of the molecule is CC(C)Oc1ccc(-c2nnc(-c3cc(F)c(OC[C@@H](COP(=O)(O)O)NC(=O)OC(C)(C)C)cc3Cl)s2)cc1Br. The topological polar surface area (TPSA) is 149 Å². The molecule has 1 heterocycles. The second-order valence-electron chi connectivity index (χ2n) is 9.93. The first-order valence-corrected chi connectivity index (χ1v) is 15.6. The van der Waals surface area contributed by atoms with E-state index in [4.69, 9.17) is 35.6 Å². The molecule has 0 radical (unpaired) electrons. The molecular weight excluding hydrogens is 668 g/mol. The van der Waals surface area contributed by atoms with Crippen LogP contribution in [0.5, 0.6) is 11.5 Å². The highest BCUT2D eigenvalue weighted by Crippen LogP contribution is 2.39. The summed E-state index contributed by atoms with van der Waals surface area (Å²) in [7, 11) is -4.85. The Hall–Kier alpha value is -2.32. The number of phosphoric acid groups is 1. The molecule has 0 bridgehead atoms. The lowest BCUT2D eigenvalue weighted by molar-refractivity contribution is 0.0452. The third-order valence-electron chi connectivity index (χ3n) is 4.82. The minimum atomic E-state index is -4.85. The van der Waals surface area contributed by atoms with Crippen molar-refractivity contribution < 1.29 is 42.3 Å². The van der Waals surface area contributed by atoms with E-state index in [1.165, 1.54) is 17.4 Å². The van der Waals surface area contributed by atoms with Gasteiger partial charge in [-0.05, 0) is 74.8 Å². The molecule has 0 aliphatic rings. The van der Waals surface area contributed by atoms with E-state index >= 15 is 4.39 Å². The van der Waals surface area contributed by atoms with Gasteiger partial charge < -0.3 is 29.3 Å². The van der Waals surface area contributed by atoms with Crippen molar-refractivity contribution in [3.63, 3.8) is 0 Å². The molecule has 0 saturated heterocycles. The van der Waals surface area contributed by atoms with E-state index in [1.54, 1.807) is 20.8 Å². The lowest BCUT2D eigenvalue weighted by Crippen LogP contribution is -2.44. The maximum atomic E-state index is 15.0. The highest BCUT2D eigenvalue weighted by molar-refractivity contribution is 9.10. The number of nitrogens with zero attached hydrogens (tertiary/aromatic N) is 2. The number of amides is 1. The average Bonchev–Trinajstić information content (AvgIpc) is 3.32. The summed E-state index contributed by atoms with van der Waals surface area (Å²) in [6.45, 7) is 7.73. The number of aromatic nitrogens is 2. The summed E-state index contributed by atoms with van der Waals surface area (Å²) in [5, 5.41) is 11.8. The van der Waals surface area contributed by atoms with Gasteiger partial charge in [0.25, 0.3) is 0 Å². The molecule has 0 aliphatic heterocycles. The Kier molecular flexibility index (Phi) is 11.1. The molecule has 16 heteroatoms. The predicted octanol–water partition coefficient (Wildman–Crippen LogP) is 6.60. The van der Waals surface area contributed by atoms with Crippen LogP contribution in [0.2, 0.25) is 5.02 Å². The summed E-state index contributed by atoms with van der Waals surface area (Å²) < 4.78 is 47.8. The quantitative estimate of drug-likeness (QED) is 0.187. The van der Waals surface area contributed by atoms with Crippen molar-refractivity contribution in [1.29, 1.82) is 0 Å². The Labute approximate surface area is 253 Å². The van der Waals surface area contributed by atoms with E-state index < -0.39 is 44.6 Å². The molecule has 0 saturated carbocycles. The fraction of sp³-hybridized carbons (Fsp3) is 0.400. The van der Waals surface area contributed by atoms with E-state index in [0.717, 1.165) is 16.1 Å². The van der Waals surface area contributed by atoms with Gasteiger partial charge in [-0.2, -0.15) is 0 Å². The van der Waals surface area contributed by atoms with E-state index in [2.05, 4.69) is 36.0 Å². The van der Waals surface area contributed by atoms with Crippen molar-refractivity contribution in [2.45, 2.75) is 52.4 Å². The van der Waals surface area contributed by atoms with Crippen LogP contribution in [-0.2, 0) is 13.8 Å². The Morgan fingerprint density at radius 2 is 1.83 bits per heavy atom. The van der Waals surface area contributed by atoms with Crippen LogP contribution in [0.4, 0.5) is 9.18 Å². The van der Waals surface area contributed by atoms with E-state index in [0.29, 0.717) is 15.8 Å². The van der Waals surface area contributed by atoms with Gasteiger partial charge in [0.05, 0.1) is 28.2 Å². The van der Waals surface area contributed by atoms with E-state index in [-0.39, 0.29) is 22.4 Å². The number of hydrogen-bond donors (Lipinski definition) is 3. The van der Waals surface area contributed by atoms with Crippen LogP contribution in [-0.4, -0.2) is 57.0 Å². The second-order valence-corrected chi connectivity index (χ2v) is 13.4. The van der Waals surface area contributed by atoms with Crippen molar-refractivity contribution in [1.82, 2.24) is 15.5 Å². The molecule has 41 heavy (non-hydrogen) atoms. The van der Waals surface area contributed by atoms with Gasteiger partial charge >= 0.3 is 13.9 Å². The molecule has 0 aliphatic carbocycles. The van der Waals surface area contributed by atoms with Crippen LogP contribution in [0.15, 0.2) is 34.8 Å². The van der Waals surface area contributed by atoms with E-state index in [1.807, 2.05) is 32.0 Å². The highest BCUT2D eigenvalue weighted by atomic mass is 79.9. The minimum absolute atomic E-state index is 0.00875. The number of rotatable bonds is 11. The lowest BCUT2D eigenvalue weighted by atomic mass is 10.2. The van der Waals surface area contributed by atoms with Gasteiger partial charge in [0, 0.05) is 17.2 Å². The molecule has 224 valence electrons. The normalized spacial score (nSPS) is 12.8. The Bertz CT molecular complexity index is 1430. The number of alkyl carbamates (subject to hydrolysis) is 1. The summed E-state index contributed by atoms with van der Waals surface area (Å²) in [4.78, 5) is 30.2. The average molecular weight is 697 g/mol. The van der Waals surface area contributed by atoms with Crippen LogP contribution < -0.4 is 14.8 Å². The molecule has 0 fully saturated rings. The van der Waals surface area contributed by atoms with Gasteiger partial charge in [-0.1, -0.05) is 22.9 Å². The highest BCUT2D eigenvalue weighted by Gasteiger charge is 2.24. The summed E-state index contributed by atoms with van der Waals surface area (Å²) >= 11 is 11.1. The van der Waals surface area contributed by atoms with Crippen molar-refractivity contribution in [2.24, 2.45) is 0 Å². The molecule has 3 aromatic rings. The molecule has 0 spiro atoms. The number of nitrogens with one attached hydrogen (secondary N) is 1. The Morgan fingerprint density at radius 3 is 2.44 bits per heavy atom. The van der Waals surface area contributed by atoms with Crippen molar-refractivity contribution >= 4 is 52.8 Å². The first-order chi connectivity index (χ1) is 19.0. The Morgan fingerprint density at radius 1 is 1.15 bits per heavy atom. The number of benzene rings is 2. The summed E-state index contributed by atoms with van der Waals surface area (Å²) in [5.74, 6) is -0.364. The van der Waals surface area contributed by atoms with Crippen LogP contribution >= 0.6 is 46.7 Å². The molecule has 3 rings (SSSR count). The number of halogens is 3. The first-order valence-electron chi connectivity index (χ1n) is 12.1. The van der Waals surface area contributed by atoms with Crippen LogP contribution in [0.3, 0.4) is 0 Å².